The van der Waals surface area contributed by atoms with Gasteiger partial charge >= 0.3 is 0 Å². The minimum Gasteiger partial charge on any atom is -0.368 e. The van der Waals surface area contributed by atoms with Crippen LogP contribution >= 0.6 is 0 Å². The Morgan fingerprint density at radius 2 is 1.86 bits per heavy atom. The number of anilines is 1. The van der Waals surface area contributed by atoms with Gasteiger partial charge in [0.15, 0.2) is 0 Å². The number of aromatic nitrogens is 1. The number of hydrogen-bond acceptors (Lipinski definition) is 3. The van der Waals surface area contributed by atoms with Crippen LogP contribution in [-0.2, 0) is 13.1 Å². The fourth-order valence-electron chi connectivity index (χ4n) is 2.36. The van der Waals surface area contributed by atoms with E-state index in [2.05, 4.69) is 72.5 Å². The third-order valence-electron chi connectivity index (χ3n) is 3.45. The summed E-state index contributed by atoms with van der Waals surface area (Å²) in [7, 11) is 2.12. The van der Waals surface area contributed by atoms with E-state index in [4.69, 9.17) is 0 Å². The van der Waals surface area contributed by atoms with Gasteiger partial charge in [-0.2, -0.15) is 0 Å². The molecule has 0 bridgehead atoms. The first kappa shape index (κ1) is 15.5. The van der Waals surface area contributed by atoms with E-state index in [1.54, 1.807) is 0 Å². The lowest BCUT2D eigenvalue weighted by Gasteiger charge is -2.23. The molecule has 0 saturated carbocycles. The van der Waals surface area contributed by atoms with Crippen molar-refractivity contribution in [2.24, 2.45) is 0 Å². The summed E-state index contributed by atoms with van der Waals surface area (Å²) in [4.78, 5) is 6.85. The van der Waals surface area contributed by atoms with E-state index < -0.39 is 0 Å². The van der Waals surface area contributed by atoms with Crippen LogP contribution in [0.25, 0.3) is 0 Å². The van der Waals surface area contributed by atoms with Crippen molar-refractivity contribution in [1.29, 1.82) is 0 Å². The third-order valence-corrected chi connectivity index (χ3v) is 3.45. The molecule has 0 aliphatic heterocycles. The van der Waals surface area contributed by atoms with E-state index in [0.29, 0.717) is 6.04 Å². The highest BCUT2D eigenvalue weighted by Crippen LogP contribution is 2.20. The second-order valence-corrected chi connectivity index (χ2v) is 5.79. The molecule has 3 nitrogen and oxygen atoms in total. The highest BCUT2D eigenvalue weighted by Gasteiger charge is 2.08. The highest BCUT2D eigenvalue weighted by atomic mass is 15.1. The Morgan fingerprint density at radius 3 is 2.57 bits per heavy atom. The first-order chi connectivity index (χ1) is 10.1. The van der Waals surface area contributed by atoms with Crippen molar-refractivity contribution in [3.63, 3.8) is 0 Å². The SMILES string of the molecule is Cc1cccc(CN(C)c2ccccc2CNC(C)C)n1. The summed E-state index contributed by atoms with van der Waals surface area (Å²) in [5, 5.41) is 3.49. The van der Waals surface area contributed by atoms with Gasteiger partial charge in [0.05, 0.1) is 12.2 Å². The lowest BCUT2D eigenvalue weighted by Crippen LogP contribution is -2.24. The van der Waals surface area contributed by atoms with E-state index >= 15 is 0 Å². The van der Waals surface area contributed by atoms with Gasteiger partial charge in [-0.1, -0.05) is 38.1 Å². The molecule has 0 fully saturated rings. The predicted molar refractivity (Wildman–Crippen MR) is 89.5 cm³/mol. The quantitative estimate of drug-likeness (QED) is 0.879. The van der Waals surface area contributed by atoms with Crippen LogP contribution in [0.2, 0.25) is 0 Å². The number of para-hydroxylation sites is 1. The average Bonchev–Trinajstić information content (AvgIpc) is 2.45. The first-order valence-electron chi connectivity index (χ1n) is 7.51. The average molecular weight is 283 g/mol. The molecule has 3 heteroatoms. The van der Waals surface area contributed by atoms with Gasteiger partial charge in [-0.05, 0) is 30.7 Å². The van der Waals surface area contributed by atoms with Crippen LogP contribution in [-0.4, -0.2) is 18.1 Å². The Hall–Kier alpha value is -1.87. The highest BCUT2D eigenvalue weighted by molar-refractivity contribution is 5.53. The lowest BCUT2D eigenvalue weighted by atomic mass is 10.1. The van der Waals surface area contributed by atoms with E-state index in [1.165, 1.54) is 11.3 Å². The molecule has 1 aromatic carbocycles. The van der Waals surface area contributed by atoms with Crippen molar-refractivity contribution in [1.82, 2.24) is 10.3 Å². The first-order valence-corrected chi connectivity index (χ1v) is 7.51. The van der Waals surface area contributed by atoms with Crippen LogP contribution in [0.1, 0.15) is 30.8 Å². The monoisotopic (exact) mass is 283 g/mol. The summed E-state index contributed by atoms with van der Waals surface area (Å²) in [5.74, 6) is 0. The van der Waals surface area contributed by atoms with Crippen LogP contribution in [0.4, 0.5) is 5.69 Å². The van der Waals surface area contributed by atoms with Gasteiger partial charge in [-0.25, -0.2) is 0 Å². The van der Waals surface area contributed by atoms with Gasteiger partial charge in [-0.3, -0.25) is 4.98 Å². The zero-order valence-corrected chi connectivity index (χ0v) is 13.4. The summed E-state index contributed by atoms with van der Waals surface area (Å²) < 4.78 is 0. The van der Waals surface area contributed by atoms with E-state index in [0.717, 1.165) is 24.5 Å². The Labute approximate surface area is 128 Å². The zero-order valence-electron chi connectivity index (χ0n) is 13.4. The zero-order chi connectivity index (χ0) is 15.2. The topological polar surface area (TPSA) is 28.2 Å². The van der Waals surface area contributed by atoms with E-state index in [9.17, 15) is 0 Å². The van der Waals surface area contributed by atoms with Crippen LogP contribution in [0.15, 0.2) is 42.5 Å². The molecule has 112 valence electrons. The van der Waals surface area contributed by atoms with Gasteiger partial charge in [0.1, 0.15) is 0 Å². The molecule has 1 aromatic heterocycles. The lowest BCUT2D eigenvalue weighted by molar-refractivity contribution is 0.588. The summed E-state index contributed by atoms with van der Waals surface area (Å²) in [6.45, 7) is 8.08. The number of benzene rings is 1. The Kier molecular flexibility index (Phi) is 5.34. The molecule has 0 aliphatic carbocycles. The summed E-state index contributed by atoms with van der Waals surface area (Å²) in [5.41, 5.74) is 4.75. The minimum absolute atomic E-state index is 0.488. The summed E-state index contributed by atoms with van der Waals surface area (Å²) in [6.07, 6.45) is 0. The molecule has 2 aromatic rings. The van der Waals surface area contributed by atoms with Crippen LogP contribution < -0.4 is 10.2 Å². The summed E-state index contributed by atoms with van der Waals surface area (Å²) >= 11 is 0. The van der Waals surface area contributed by atoms with Crippen LogP contribution in [0.3, 0.4) is 0 Å². The Balaban J connectivity index is 2.13. The van der Waals surface area contributed by atoms with Crippen molar-refractivity contribution in [2.45, 2.75) is 39.9 Å². The van der Waals surface area contributed by atoms with Gasteiger partial charge in [0.25, 0.3) is 0 Å². The minimum atomic E-state index is 0.488. The number of rotatable bonds is 6. The Morgan fingerprint density at radius 1 is 1.10 bits per heavy atom. The number of pyridine rings is 1. The number of hydrogen-bond donors (Lipinski definition) is 1. The third kappa shape index (κ3) is 4.57. The van der Waals surface area contributed by atoms with E-state index in [1.807, 2.05) is 13.0 Å². The van der Waals surface area contributed by atoms with Gasteiger partial charge in [0.2, 0.25) is 0 Å². The Bertz CT molecular complexity index is 578. The van der Waals surface area contributed by atoms with Crippen molar-refractivity contribution in [3.8, 4) is 0 Å². The van der Waals surface area contributed by atoms with Gasteiger partial charge < -0.3 is 10.2 Å². The maximum absolute atomic E-state index is 4.59. The molecule has 0 amide bonds. The molecule has 0 spiro atoms. The van der Waals surface area contributed by atoms with Crippen molar-refractivity contribution in [3.05, 3.63) is 59.4 Å². The van der Waals surface area contributed by atoms with Crippen molar-refractivity contribution >= 4 is 5.69 Å². The largest absolute Gasteiger partial charge is 0.368 e. The molecular formula is C18H25N3. The maximum Gasteiger partial charge on any atom is 0.0600 e. The molecule has 1 heterocycles. The molecular weight excluding hydrogens is 258 g/mol. The molecule has 1 N–H and O–H groups in total. The number of nitrogens with one attached hydrogen (secondary N) is 1. The molecule has 2 rings (SSSR count). The number of nitrogens with zero attached hydrogens (tertiary/aromatic N) is 2. The predicted octanol–water partition coefficient (Wildman–Crippen LogP) is 3.52. The fourth-order valence-corrected chi connectivity index (χ4v) is 2.36. The molecule has 0 atom stereocenters. The molecule has 21 heavy (non-hydrogen) atoms. The van der Waals surface area contributed by atoms with Crippen LogP contribution in [0, 0.1) is 6.92 Å². The molecule has 0 radical (unpaired) electrons. The fraction of sp³-hybridized carbons (Fsp3) is 0.389. The standard InChI is InChI=1S/C18H25N3/c1-14(2)19-12-16-9-5-6-11-18(16)21(4)13-17-10-7-8-15(3)20-17/h5-11,14,19H,12-13H2,1-4H3. The van der Waals surface area contributed by atoms with Crippen molar-refractivity contribution in [2.75, 3.05) is 11.9 Å². The summed E-state index contributed by atoms with van der Waals surface area (Å²) in [6, 6.07) is 15.2. The van der Waals surface area contributed by atoms with Gasteiger partial charge in [-0.15, -0.1) is 0 Å². The number of aryl methyl sites for hydroxylation is 1. The second-order valence-electron chi connectivity index (χ2n) is 5.79. The normalized spacial score (nSPS) is 10.9. The van der Waals surface area contributed by atoms with Crippen molar-refractivity contribution < 1.29 is 0 Å². The van der Waals surface area contributed by atoms with Gasteiger partial charge in [0, 0.05) is 31.0 Å². The molecule has 0 saturated heterocycles. The maximum atomic E-state index is 4.59. The van der Waals surface area contributed by atoms with E-state index in [-0.39, 0.29) is 0 Å². The smallest absolute Gasteiger partial charge is 0.0600 e. The molecule has 0 unspecified atom stereocenters. The van der Waals surface area contributed by atoms with Crippen LogP contribution in [0.5, 0.6) is 0 Å². The second kappa shape index (κ2) is 7.23. The molecule has 0 aliphatic rings.